The molecule has 5 heteroatoms. The number of hydrogen-bond acceptors (Lipinski definition) is 4. The third-order valence-electron chi connectivity index (χ3n) is 2.84. The van der Waals surface area contributed by atoms with Crippen LogP contribution in [-0.4, -0.2) is 29.5 Å². The van der Waals surface area contributed by atoms with Crippen molar-refractivity contribution < 1.29 is 4.79 Å². The molecule has 0 spiro atoms. The molecular weight excluding hydrogens is 216 g/mol. The summed E-state index contributed by atoms with van der Waals surface area (Å²) in [7, 11) is 0. The lowest BCUT2D eigenvalue weighted by Gasteiger charge is -2.37. The van der Waals surface area contributed by atoms with Crippen LogP contribution < -0.4 is 10.2 Å². The van der Waals surface area contributed by atoms with Crippen molar-refractivity contribution >= 4 is 11.7 Å². The Bertz CT molecular complexity index is 472. The number of anilines is 1. The number of hydrogen-bond donors (Lipinski definition) is 1. The minimum atomic E-state index is -0.562. The summed E-state index contributed by atoms with van der Waals surface area (Å²) in [5.74, 6) is 0.601. The largest absolute Gasteiger partial charge is 0.302 e. The van der Waals surface area contributed by atoms with E-state index in [1.165, 1.54) is 6.20 Å². The molecule has 2 heterocycles. The van der Waals surface area contributed by atoms with Gasteiger partial charge in [0.2, 0.25) is 5.91 Å². The second kappa shape index (κ2) is 4.15. The van der Waals surface area contributed by atoms with E-state index in [1.54, 1.807) is 17.0 Å². The molecule has 1 aliphatic rings. The van der Waals surface area contributed by atoms with Gasteiger partial charge in [-0.3, -0.25) is 9.69 Å². The minimum Gasteiger partial charge on any atom is -0.302 e. The smallest absolute Gasteiger partial charge is 0.247 e. The Morgan fingerprint density at radius 3 is 2.88 bits per heavy atom. The summed E-state index contributed by atoms with van der Waals surface area (Å²) < 4.78 is 0. The van der Waals surface area contributed by atoms with Gasteiger partial charge in [-0.2, -0.15) is 5.26 Å². The Labute approximate surface area is 100 Å². The zero-order chi connectivity index (χ0) is 12.5. The van der Waals surface area contributed by atoms with E-state index in [0.717, 1.165) is 6.54 Å². The molecule has 1 saturated heterocycles. The second-order valence-corrected chi connectivity index (χ2v) is 4.53. The van der Waals surface area contributed by atoms with Gasteiger partial charge in [0.05, 0.1) is 11.1 Å². The maximum absolute atomic E-state index is 12.2. The SMILES string of the molecule is CC1(C)NCCN(c2ccc(C#N)cn2)C1=O. The van der Waals surface area contributed by atoms with Crippen molar-refractivity contribution in [2.24, 2.45) is 0 Å². The lowest BCUT2D eigenvalue weighted by atomic mass is 10.0. The van der Waals surface area contributed by atoms with Gasteiger partial charge >= 0.3 is 0 Å². The number of nitriles is 1. The van der Waals surface area contributed by atoms with Crippen LogP contribution in [0.25, 0.3) is 0 Å². The maximum Gasteiger partial charge on any atom is 0.247 e. The number of rotatable bonds is 1. The van der Waals surface area contributed by atoms with Crippen LogP contribution in [-0.2, 0) is 4.79 Å². The van der Waals surface area contributed by atoms with Gasteiger partial charge in [-0.1, -0.05) is 0 Å². The molecule has 88 valence electrons. The van der Waals surface area contributed by atoms with Crippen molar-refractivity contribution in [1.82, 2.24) is 10.3 Å². The predicted octanol–water partition coefficient (Wildman–Crippen LogP) is 0.668. The van der Waals surface area contributed by atoms with E-state index >= 15 is 0 Å². The molecule has 2 rings (SSSR count). The molecule has 17 heavy (non-hydrogen) atoms. The van der Waals surface area contributed by atoms with Gasteiger partial charge in [-0.25, -0.2) is 4.98 Å². The Hall–Kier alpha value is -1.93. The molecule has 0 bridgehead atoms. The zero-order valence-corrected chi connectivity index (χ0v) is 9.90. The van der Waals surface area contributed by atoms with Crippen molar-refractivity contribution in [2.45, 2.75) is 19.4 Å². The van der Waals surface area contributed by atoms with Crippen LogP contribution in [0.5, 0.6) is 0 Å². The number of aromatic nitrogens is 1. The second-order valence-electron chi connectivity index (χ2n) is 4.53. The van der Waals surface area contributed by atoms with Crippen LogP contribution in [0.1, 0.15) is 19.4 Å². The van der Waals surface area contributed by atoms with Crippen LogP contribution in [0.2, 0.25) is 0 Å². The number of amides is 1. The number of nitrogens with one attached hydrogen (secondary N) is 1. The molecule has 1 N–H and O–H groups in total. The fraction of sp³-hybridized carbons (Fsp3) is 0.417. The number of carbonyl (C=O) groups is 1. The highest BCUT2D eigenvalue weighted by Gasteiger charge is 2.36. The first-order valence-electron chi connectivity index (χ1n) is 5.48. The fourth-order valence-corrected chi connectivity index (χ4v) is 1.83. The molecule has 0 radical (unpaired) electrons. The van der Waals surface area contributed by atoms with Crippen LogP contribution in [0.4, 0.5) is 5.82 Å². The Kier molecular flexibility index (Phi) is 2.82. The molecule has 1 aliphatic heterocycles. The van der Waals surface area contributed by atoms with E-state index < -0.39 is 5.54 Å². The first-order chi connectivity index (χ1) is 8.04. The predicted molar refractivity (Wildman–Crippen MR) is 63.4 cm³/mol. The van der Waals surface area contributed by atoms with Crippen LogP contribution in [0, 0.1) is 11.3 Å². The van der Waals surface area contributed by atoms with Crippen molar-refractivity contribution in [3.63, 3.8) is 0 Å². The third-order valence-corrected chi connectivity index (χ3v) is 2.84. The molecule has 0 atom stereocenters. The van der Waals surface area contributed by atoms with Gasteiger partial charge in [0.15, 0.2) is 0 Å². The molecule has 1 aromatic heterocycles. The topological polar surface area (TPSA) is 69.0 Å². The summed E-state index contributed by atoms with van der Waals surface area (Å²) in [5.41, 5.74) is -0.0658. The summed E-state index contributed by atoms with van der Waals surface area (Å²) in [6.07, 6.45) is 1.48. The van der Waals surface area contributed by atoms with E-state index in [-0.39, 0.29) is 5.91 Å². The van der Waals surface area contributed by atoms with Gasteiger partial charge in [0.1, 0.15) is 11.9 Å². The van der Waals surface area contributed by atoms with Crippen LogP contribution in [0.15, 0.2) is 18.3 Å². The standard InChI is InChI=1S/C12H14N4O/c1-12(2)11(17)16(6-5-15-12)10-4-3-9(7-13)8-14-10/h3-4,8,15H,5-6H2,1-2H3. The third kappa shape index (κ3) is 2.12. The summed E-state index contributed by atoms with van der Waals surface area (Å²) in [6, 6.07) is 5.38. The van der Waals surface area contributed by atoms with E-state index in [9.17, 15) is 4.79 Å². The zero-order valence-electron chi connectivity index (χ0n) is 9.90. The average molecular weight is 230 g/mol. The van der Waals surface area contributed by atoms with Crippen LogP contribution in [0.3, 0.4) is 0 Å². The highest BCUT2D eigenvalue weighted by atomic mass is 16.2. The van der Waals surface area contributed by atoms with Crippen molar-refractivity contribution in [1.29, 1.82) is 5.26 Å². The Morgan fingerprint density at radius 2 is 2.29 bits per heavy atom. The van der Waals surface area contributed by atoms with Gasteiger partial charge in [-0.15, -0.1) is 0 Å². The van der Waals surface area contributed by atoms with E-state index in [4.69, 9.17) is 5.26 Å². The summed E-state index contributed by atoms with van der Waals surface area (Å²) in [4.78, 5) is 18.0. The summed E-state index contributed by atoms with van der Waals surface area (Å²) in [5, 5.41) is 11.9. The molecule has 0 aliphatic carbocycles. The van der Waals surface area contributed by atoms with Gasteiger partial charge in [0.25, 0.3) is 0 Å². The minimum absolute atomic E-state index is 0.000887. The molecule has 0 saturated carbocycles. The lowest BCUT2D eigenvalue weighted by Crippen LogP contribution is -2.61. The number of pyridine rings is 1. The van der Waals surface area contributed by atoms with Gasteiger partial charge < -0.3 is 5.32 Å². The molecule has 5 nitrogen and oxygen atoms in total. The highest BCUT2D eigenvalue weighted by Crippen LogP contribution is 2.19. The number of carbonyl (C=O) groups excluding carboxylic acids is 1. The Morgan fingerprint density at radius 1 is 1.53 bits per heavy atom. The normalized spacial score (nSPS) is 18.9. The Balaban J connectivity index is 2.27. The molecule has 1 aromatic rings. The highest BCUT2D eigenvalue weighted by molar-refractivity contribution is 5.99. The lowest BCUT2D eigenvalue weighted by molar-refractivity contribution is -0.125. The first kappa shape index (κ1) is 11.6. The number of nitrogens with zero attached hydrogens (tertiary/aromatic N) is 3. The monoisotopic (exact) mass is 230 g/mol. The quantitative estimate of drug-likeness (QED) is 0.769. The van der Waals surface area contributed by atoms with Crippen LogP contribution >= 0.6 is 0 Å². The van der Waals surface area contributed by atoms with E-state index in [1.807, 2.05) is 19.9 Å². The average Bonchev–Trinajstić information content (AvgIpc) is 2.33. The molecular formula is C12H14N4O. The number of piperazine rings is 1. The summed E-state index contributed by atoms with van der Waals surface area (Å²) in [6.45, 7) is 5.04. The first-order valence-corrected chi connectivity index (χ1v) is 5.48. The van der Waals surface area contributed by atoms with Gasteiger partial charge in [-0.05, 0) is 26.0 Å². The van der Waals surface area contributed by atoms with Crippen molar-refractivity contribution in [3.05, 3.63) is 23.9 Å². The van der Waals surface area contributed by atoms with Gasteiger partial charge in [0, 0.05) is 19.3 Å². The van der Waals surface area contributed by atoms with E-state index in [2.05, 4.69) is 10.3 Å². The van der Waals surface area contributed by atoms with E-state index in [0.29, 0.717) is 17.9 Å². The molecule has 0 unspecified atom stereocenters. The van der Waals surface area contributed by atoms with Crippen molar-refractivity contribution in [3.8, 4) is 6.07 Å². The van der Waals surface area contributed by atoms with Crippen molar-refractivity contribution in [2.75, 3.05) is 18.0 Å². The summed E-state index contributed by atoms with van der Waals surface area (Å²) >= 11 is 0. The molecule has 1 amide bonds. The molecule has 0 aromatic carbocycles. The maximum atomic E-state index is 12.2. The molecule has 1 fully saturated rings. The fourth-order valence-electron chi connectivity index (χ4n) is 1.83.